The van der Waals surface area contributed by atoms with E-state index in [-0.39, 0.29) is 0 Å². The zero-order valence-corrected chi connectivity index (χ0v) is 11.5. The largest absolute Gasteiger partial charge is 0.416 e. The first-order chi connectivity index (χ1) is 9.29. The maximum atomic E-state index is 12.5. The second-order valence-electron chi connectivity index (χ2n) is 4.62. The second kappa shape index (κ2) is 5.46. The number of rotatable bonds is 2. The highest BCUT2D eigenvalue weighted by atomic mass is 35.5. The lowest BCUT2D eigenvalue weighted by Gasteiger charge is -2.15. The van der Waals surface area contributed by atoms with E-state index in [4.69, 9.17) is 17.3 Å². The molecule has 2 aromatic rings. The Morgan fingerprint density at radius 3 is 2.15 bits per heavy atom. The van der Waals surface area contributed by atoms with E-state index in [1.165, 1.54) is 12.1 Å². The van der Waals surface area contributed by atoms with E-state index >= 15 is 0 Å². The van der Waals surface area contributed by atoms with Gasteiger partial charge in [0.1, 0.15) is 0 Å². The van der Waals surface area contributed by atoms with E-state index in [2.05, 4.69) is 0 Å². The molecule has 0 bridgehead atoms. The molecule has 0 radical (unpaired) electrons. The monoisotopic (exact) mass is 299 g/mol. The number of nitrogens with two attached hydrogens (primary N) is 1. The fourth-order valence-corrected chi connectivity index (χ4v) is 2.30. The summed E-state index contributed by atoms with van der Waals surface area (Å²) in [6.45, 7) is 1.90. The minimum Gasteiger partial charge on any atom is -0.320 e. The summed E-state index contributed by atoms with van der Waals surface area (Å²) >= 11 is 6.12. The van der Waals surface area contributed by atoms with E-state index < -0.39 is 17.8 Å². The highest BCUT2D eigenvalue weighted by Crippen LogP contribution is 2.32. The van der Waals surface area contributed by atoms with E-state index in [1.54, 1.807) is 12.1 Å². The van der Waals surface area contributed by atoms with Crippen LogP contribution in [0.25, 0.3) is 0 Å². The summed E-state index contributed by atoms with van der Waals surface area (Å²) in [5.74, 6) is 0. The Morgan fingerprint density at radius 2 is 1.65 bits per heavy atom. The highest BCUT2D eigenvalue weighted by molar-refractivity contribution is 6.31. The summed E-state index contributed by atoms with van der Waals surface area (Å²) in [5.41, 5.74) is 7.65. The molecule has 1 unspecified atom stereocenters. The Kier molecular flexibility index (Phi) is 4.06. The van der Waals surface area contributed by atoms with Crippen molar-refractivity contribution >= 4 is 11.6 Å². The second-order valence-corrected chi connectivity index (χ2v) is 5.03. The van der Waals surface area contributed by atoms with Gasteiger partial charge in [-0.2, -0.15) is 13.2 Å². The van der Waals surface area contributed by atoms with Gasteiger partial charge in [0.15, 0.2) is 0 Å². The molecule has 0 aromatic heterocycles. The van der Waals surface area contributed by atoms with Crippen LogP contribution in [0.2, 0.25) is 5.02 Å². The summed E-state index contributed by atoms with van der Waals surface area (Å²) in [6, 6.07) is 9.69. The summed E-state index contributed by atoms with van der Waals surface area (Å²) in [4.78, 5) is 0. The molecule has 2 aromatic carbocycles. The average Bonchev–Trinajstić information content (AvgIpc) is 2.37. The van der Waals surface area contributed by atoms with Crippen LogP contribution in [-0.4, -0.2) is 0 Å². The number of aryl methyl sites for hydroxylation is 1. The predicted molar refractivity (Wildman–Crippen MR) is 73.7 cm³/mol. The Morgan fingerprint density at radius 1 is 1.05 bits per heavy atom. The lowest BCUT2D eigenvalue weighted by Crippen LogP contribution is -2.13. The molecule has 2 N–H and O–H groups in total. The van der Waals surface area contributed by atoms with Crippen LogP contribution in [0.3, 0.4) is 0 Å². The summed E-state index contributed by atoms with van der Waals surface area (Å²) in [7, 11) is 0. The fourth-order valence-electron chi connectivity index (χ4n) is 1.94. The van der Waals surface area contributed by atoms with E-state index in [0.717, 1.165) is 17.7 Å². The van der Waals surface area contributed by atoms with Crippen molar-refractivity contribution in [2.24, 2.45) is 5.73 Å². The summed E-state index contributed by atoms with van der Waals surface area (Å²) < 4.78 is 37.5. The van der Waals surface area contributed by atoms with Crippen molar-refractivity contribution in [2.45, 2.75) is 19.1 Å². The first kappa shape index (κ1) is 14.9. The molecule has 0 aliphatic rings. The first-order valence-electron chi connectivity index (χ1n) is 5.98. The third kappa shape index (κ3) is 3.14. The quantitative estimate of drug-likeness (QED) is 0.853. The number of hydrogen-bond acceptors (Lipinski definition) is 1. The van der Waals surface area contributed by atoms with E-state index in [0.29, 0.717) is 16.1 Å². The third-order valence-electron chi connectivity index (χ3n) is 3.09. The van der Waals surface area contributed by atoms with Crippen molar-refractivity contribution in [3.8, 4) is 0 Å². The Bertz CT molecular complexity index is 606. The smallest absolute Gasteiger partial charge is 0.320 e. The number of benzene rings is 2. The lowest BCUT2D eigenvalue weighted by atomic mass is 9.97. The molecule has 20 heavy (non-hydrogen) atoms. The number of hydrogen-bond donors (Lipinski definition) is 1. The molecular formula is C15H13ClF3N. The SMILES string of the molecule is Cc1ccc(C(N)c2ccc(C(F)(F)F)cc2)c(Cl)c1. The van der Waals surface area contributed by atoms with Gasteiger partial charge in [0.2, 0.25) is 0 Å². The molecule has 0 spiro atoms. The highest BCUT2D eigenvalue weighted by Gasteiger charge is 2.30. The topological polar surface area (TPSA) is 26.0 Å². The molecule has 0 fully saturated rings. The third-order valence-corrected chi connectivity index (χ3v) is 3.42. The standard InChI is InChI=1S/C15H13ClF3N/c1-9-2-7-12(13(16)8-9)14(20)10-3-5-11(6-4-10)15(17,18)19/h2-8,14H,20H2,1H3. The normalized spacial score (nSPS) is 13.3. The number of alkyl halides is 3. The summed E-state index contributed by atoms with van der Waals surface area (Å²) in [6.07, 6.45) is -4.34. The summed E-state index contributed by atoms with van der Waals surface area (Å²) in [5, 5.41) is 0.511. The van der Waals surface area contributed by atoms with Crippen LogP contribution < -0.4 is 5.73 Å². The molecular weight excluding hydrogens is 287 g/mol. The van der Waals surface area contributed by atoms with Crippen LogP contribution in [0, 0.1) is 6.92 Å². The Labute approximate surface area is 120 Å². The minimum atomic E-state index is -4.34. The van der Waals surface area contributed by atoms with Gasteiger partial charge in [-0.1, -0.05) is 35.9 Å². The van der Waals surface area contributed by atoms with E-state index in [9.17, 15) is 13.2 Å². The lowest BCUT2D eigenvalue weighted by molar-refractivity contribution is -0.137. The molecule has 2 rings (SSSR count). The van der Waals surface area contributed by atoms with Crippen molar-refractivity contribution < 1.29 is 13.2 Å². The first-order valence-corrected chi connectivity index (χ1v) is 6.35. The molecule has 0 saturated heterocycles. The molecule has 0 aliphatic heterocycles. The van der Waals surface area contributed by atoms with Gasteiger partial charge in [-0.05, 0) is 41.8 Å². The van der Waals surface area contributed by atoms with Gasteiger partial charge in [-0.15, -0.1) is 0 Å². The molecule has 1 nitrogen and oxygen atoms in total. The maximum Gasteiger partial charge on any atom is 0.416 e. The molecule has 5 heteroatoms. The minimum absolute atomic E-state index is 0.511. The van der Waals surface area contributed by atoms with Gasteiger partial charge in [0.25, 0.3) is 0 Å². The zero-order chi connectivity index (χ0) is 14.9. The van der Waals surface area contributed by atoms with Gasteiger partial charge < -0.3 is 5.73 Å². The number of halogens is 4. The predicted octanol–water partition coefficient (Wildman–Crippen LogP) is 4.72. The van der Waals surface area contributed by atoms with Crippen LogP contribution in [0.4, 0.5) is 13.2 Å². The van der Waals surface area contributed by atoms with Crippen molar-refractivity contribution in [2.75, 3.05) is 0 Å². The Hall–Kier alpha value is -1.52. The van der Waals surface area contributed by atoms with Crippen molar-refractivity contribution in [1.82, 2.24) is 0 Å². The van der Waals surface area contributed by atoms with Gasteiger partial charge in [-0.25, -0.2) is 0 Å². The molecule has 0 amide bonds. The van der Waals surface area contributed by atoms with Gasteiger partial charge >= 0.3 is 6.18 Å². The molecule has 0 saturated carbocycles. The molecule has 0 heterocycles. The molecule has 106 valence electrons. The molecule has 0 aliphatic carbocycles. The van der Waals surface area contributed by atoms with Crippen LogP contribution in [-0.2, 0) is 6.18 Å². The van der Waals surface area contributed by atoms with Crippen LogP contribution >= 0.6 is 11.6 Å². The van der Waals surface area contributed by atoms with Crippen molar-refractivity contribution in [3.63, 3.8) is 0 Å². The van der Waals surface area contributed by atoms with Crippen LogP contribution in [0.1, 0.15) is 28.3 Å². The molecule has 1 atom stereocenters. The van der Waals surface area contributed by atoms with Gasteiger partial charge in [0.05, 0.1) is 11.6 Å². The Balaban J connectivity index is 2.31. The average molecular weight is 300 g/mol. The van der Waals surface area contributed by atoms with Crippen molar-refractivity contribution in [3.05, 3.63) is 69.7 Å². The maximum absolute atomic E-state index is 12.5. The fraction of sp³-hybridized carbons (Fsp3) is 0.200. The van der Waals surface area contributed by atoms with Crippen LogP contribution in [0.5, 0.6) is 0 Å². The van der Waals surface area contributed by atoms with E-state index in [1.807, 2.05) is 13.0 Å². The zero-order valence-electron chi connectivity index (χ0n) is 10.7. The van der Waals surface area contributed by atoms with Crippen LogP contribution in [0.15, 0.2) is 42.5 Å². The van der Waals surface area contributed by atoms with Crippen molar-refractivity contribution in [1.29, 1.82) is 0 Å². The van der Waals surface area contributed by atoms with Gasteiger partial charge in [-0.3, -0.25) is 0 Å². The van der Waals surface area contributed by atoms with Gasteiger partial charge in [0, 0.05) is 5.02 Å².